The maximum atomic E-state index is 13.0. The number of rotatable bonds is 4. The van der Waals surface area contributed by atoms with Crippen LogP contribution < -0.4 is 21.1 Å². The van der Waals surface area contributed by atoms with Crippen molar-refractivity contribution in [3.63, 3.8) is 0 Å². The van der Waals surface area contributed by atoms with E-state index in [4.69, 9.17) is 23.2 Å². The molecular formula is C18H16BrCl2N5O3. The van der Waals surface area contributed by atoms with Crippen LogP contribution in [0.3, 0.4) is 0 Å². The highest BCUT2D eigenvalue weighted by molar-refractivity contribution is 9.10. The number of alkyl halides is 1. The molecule has 0 aliphatic carbocycles. The van der Waals surface area contributed by atoms with Crippen LogP contribution >= 0.6 is 39.1 Å². The highest BCUT2D eigenvalue weighted by Gasteiger charge is 2.48. The lowest BCUT2D eigenvalue weighted by molar-refractivity contribution is -0.121. The fourth-order valence-electron chi connectivity index (χ4n) is 2.85. The van der Waals surface area contributed by atoms with Crippen LogP contribution in [-0.4, -0.2) is 34.2 Å². The normalized spacial score (nSPS) is 18.7. The summed E-state index contributed by atoms with van der Waals surface area (Å²) in [5.41, 5.74) is 3.89. The van der Waals surface area contributed by atoms with Crippen molar-refractivity contribution >= 4 is 68.4 Å². The lowest BCUT2D eigenvalue weighted by atomic mass is 10.1. The molecule has 1 unspecified atom stereocenters. The summed E-state index contributed by atoms with van der Waals surface area (Å²) in [6.45, 7) is 1.71. The molecular weight excluding hydrogens is 485 g/mol. The number of pyridine rings is 1. The number of aryl methyl sites for hydroxylation is 1. The number of carbonyl (C=O) groups excluding carboxylic acids is 3. The van der Waals surface area contributed by atoms with Gasteiger partial charge in [0, 0.05) is 18.3 Å². The zero-order chi connectivity index (χ0) is 21.3. The quantitative estimate of drug-likeness (QED) is 0.442. The minimum absolute atomic E-state index is 0.182. The Kier molecular flexibility index (Phi) is 6.13. The average Bonchev–Trinajstić information content (AvgIpc) is 2.98. The van der Waals surface area contributed by atoms with Gasteiger partial charge in [0.05, 0.1) is 22.7 Å². The molecule has 29 heavy (non-hydrogen) atoms. The smallest absolute Gasteiger partial charge is 0.257 e. The number of anilines is 2. The molecule has 0 spiro atoms. The lowest BCUT2D eigenvalue weighted by Gasteiger charge is -2.24. The second-order valence-electron chi connectivity index (χ2n) is 6.31. The van der Waals surface area contributed by atoms with Crippen molar-refractivity contribution in [3.05, 3.63) is 51.6 Å². The molecule has 2 heterocycles. The van der Waals surface area contributed by atoms with Crippen LogP contribution in [-0.2, 0) is 9.59 Å². The molecule has 3 amide bonds. The second-order valence-corrected chi connectivity index (χ2v) is 8.50. The van der Waals surface area contributed by atoms with Gasteiger partial charge in [-0.15, -0.1) is 0 Å². The molecule has 1 aromatic carbocycles. The summed E-state index contributed by atoms with van der Waals surface area (Å²) in [6.07, 6.45) is 1.28. The molecule has 0 saturated carbocycles. The van der Waals surface area contributed by atoms with E-state index in [2.05, 4.69) is 37.0 Å². The fraction of sp³-hybridized carbons (Fsp3) is 0.222. The Bertz CT molecular complexity index is 1020. The van der Waals surface area contributed by atoms with E-state index in [1.165, 1.54) is 19.3 Å². The highest BCUT2D eigenvalue weighted by Crippen LogP contribution is 2.34. The Morgan fingerprint density at radius 1 is 1.34 bits per heavy atom. The molecule has 2 aromatic rings. The Balaban J connectivity index is 1.90. The van der Waals surface area contributed by atoms with Crippen LogP contribution in [0.4, 0.5) is 11.5 Å². The van der Waals surface area contributed by atoms with Crippen molar-refractivity contribution in [1.29, 1.82) is 0 Å². The number of halogens is 3. The predicted octanol–water partition coefficient (Wildman–Crippen LogP) is 3.03. The topological polar surface area (TPSA) is 103 Å². The van der Waals surface area contributed by atoms with Gasteiger partial charge in [-0.2, -0.15) is 5.43 Å². The van der Waals surface area contributed by atoms with E-state index in [1.807, 2.05) is 0 Å². The maximum Gasteiger partial charge on any atom is 0.257 e. The third-order valence-electron chi connectivity index (χ3n) is 4.25. The van der Waals surface area contributed by atoms with Gasteiger partial charge in [0.25, 0.3) is 11.8 Å². The summed E-state index contributed by atoms with van der Waals surface area (Å²) in [7, 11) is 1.47. The molecule has 1 aliphatic heterocycles. The van der Waals surface area contributed by atoms with Gasteiger partial charge < -0.3 is 10.6 Å². The van der Waals surface area contributed by atoms with Crippen molar-refractivity contribution < 1.29 is 14.4 Å². The van der Waals surface area contributed by atoms with E-state index in [0.29, 0.717) is 16.3 Å². The van der Waals surface area contributed by atoms with Crippen molar-refractivity contribution in [2.24, 2.45) is 0 Å². The first kappa shape index (κ1) is 21.5. The molecule has 3 rings (SSSR count). The largest absolute Gasteiger partial charge is 0.355 e. The average molecular weight is 501 g/mol. The molecule has 11 heteroatoms. The van der Waals surface area contributed by atoms with Gasteiger partial charge in [0.15, 0.2) is 10.3 Å². The Morgan fingerprint density at radius 2 is 2.07 bits per heavy atom. The molecule has 8 nitrogen and oxygen atoms in total. The summed E-state index contributed by atoms with van der Waals surface area (Å²) < 4.78 is -1.46. The number of amides is 3. The summed E-state index contributed by atoms with van der Waals surface area (Å²) in [5, 5.41) is 6.95. The number of hydrogen-bond acceptors (Lipinski definition) is 5. The number of hydrazine groups is 1. The van der Waals surface area contributed by atoms with Crippen LogP contribution in [0.5, 0.6) is 0 Å². The minimum atomic E-state index is -1.46. The van der Waals surface area contributed by atoms with Crippen molar-refractivity contribution in [3.8, 4) is 0 Å². The van der Waals surface area contributed by atoms with Gasteiger partial charge in [-0.25, -0.2) is 9.99 Å². The fourth-order valence-corrected chi connectivity index (χ4v) is 3.84. The van der Waals surface area contributed by atoms with Crippen LogP contribution in [0.15, 0.2) is 30.5 Å². The first-order chi connectivity index (χ1) is 13.7. The number of hydrogen-bond donors (Lipinski definition) is 3. The molecule has 3 N–H and O–H groups in total. The first-order valence-corrected chi connectivity index (χ1v) is 9.95. The number of nitrogens with zero attached hydrogens (tertiary/aromatic N) is 2. The third kappa shape index (κ3) is 4.23. The van der Waals surface area contributed by atoms with Crippen LogP contribution in [0, 0.1) is 6.92 Å². The zero-order valence-electron chi connectivity index (χ0n) is 15.3. The lowest BCUT2D eigenvalue weighted by Crippen LogP contribution is -2.50. The molecule has 1 aromatic heterocycles. The standard InChI is InChI=1S/C18H16BrCl2N5O3/c1-9-6-10(20)7-11(16(28)22-2)14(9)24-17(29)18(19)8-13(27)26(25-18)15-12(21)4-3-5-23-15/h3-7,25H,8H2,1-2H3,(H,22,28)(H,24,29). The maximum absolute atomic E-state index is 13.0. The highest BCUT2D eigenvalue weighted by atomic mass is 79.9. The zero-order valence-corrected chi connectivity index (χ0v) is 18.4. The van der Waals surface area contributed by atoms with Gasteiger partial charge >= 0.3 is 0 Å². The Morgan fingerprint density at radius 3 is 2.72 bits per heavy atom. The second kappa shape index (κ2) is 8.27. The molecule has 1 atom stereocenters. The van der Waals surface area contributed by atoms with Gasteiger partial charge in [0.1, 0.15) is 0 Å². The molecule has 152 valence electrons. The molecule has 1 fully saturated rings. The third-order valence-corrected chi connectivity index (χ3v) is 5.59. The van der Waals surface area contributed by atoms with Crippen molar-refractivity contribution in [1.82, 2.24) is 15.7 Å². The number of nitrogens with one attached hydrogen (secondary N) is 3. The van der Waals surface area contributed by atoms with Crippen LogP contribution in [0.1, 0.15) is 22.3 Å². The predicted molar refractivity (Wildman–Crippen MR) is 114 cm³/mol. The van der Waals surface area contributed by atoms with E-state index in [0.717, 1.165) is 5.01 Å². The number of benzene rings is 1. The van der Waals surface area contributed by atoms with Crippen molar-refractivity contribution in [2.45, 2.75) is 17.8 Å². The Hall–Kier alpha value is -2.20. The summed E-state index contributed by atoms with van der Waals surface area (Å²) in [4.78, 5) is 41.8. The summed E-state index contributed by atoms with van der Waals surface area (Å²) >= 11 is 15.5. The number of aromatic nitrogens is 1. The van der Waals surface area contributed by atoms with E-state index >= 15 is 0 Å². The SMILES string of the molecule is CNC(=O)c1cc(Cl)cc(C)c1NC(=O)C1(Br)CC(=O)N(c2ncccc2Cl)N1. The van der Waals surface area contributed by atoms with Crippen LogP contribution in [0.25, 0.3) is 0 Å². The van der Waals surface area contributed by atoms with Crippen LogP contribution in [0.2, 0.25) is 10.0 Å². The summed E-state index contributed by atoms with van der Waals surface area (Å²) in [6, 6.07) is 6.29. The van der Waals surface area contributed by atoms with Gasteiger partial charge in [-0.05, 0) is 36.8 Å². The molecule has 0 bridgehead atoms. The number of carbonyl (C=O) groups is 3. The van der Waals surface area contributed by atoms with Gasteiger partial charge in [-0.1, -0.05) is 39.1 Å². The first-order valence-electron chi connectivity index (χ1n) is 8.40. The molecule has 0 radical (unpaired) electrons. The monoisotopic (exact) mass is 499 g/mol. The minimum Gasteiger partial charge on any atom is -0.355 e. The van der Waals surface area contributed by atoms with E-state index in [9.17, 15) is 14.4 Å². The van der Waals surface area contributed by atoms with E-state index in [-0.39, 0.29) is 22.8 Å². The van der Waals surface area contributed by atoms with E-state index < -0.39 is 22.2 Å². The van der Waals surface area contributed by atoms with Gasteiger partial charge in [0.2, 0.25) is 5.91 Å². The van der Waals surface area contributed by atoms with E-state index in [1.54, 1.807) is 25.1 Å². The van der Waals surface area contributed by atoms with Gasteiger partial charge in [-0.3, -0.25) is 14.4 Å². The Labute approximate surface area is 185 Å². The van der Waals surface area contributed by atoms with Crippen molar-refractivity contribution in [2.75, 3.05) is 17.4 Å². The molecule has 1 saturated heterocycles. The summed E-state index contributed by atoms with van der Waals surface area (Å²) in [5.74, 6) is -1.21. The molecule has 1 aliphatic rings.